The minimum absolute atomic E-state index is 0.371. The molecule has 1 aromatic heterocycles. The fourth-order valence-electron chi connectivity index (χ4n) is 3.95. The number of ether oxygens (including phenoxy) is 1. The van der Waals surface area contributed by atoms with Crippen LogP contribution in [0.2, 0.25) is 0 Å². The molecule has 2 aliphatic heterocycles. The van der Waals surface area contributed by atoms with Gasteiger partial charge in [-0.3, -0.25) is 14.8 Å². The van der Waals surface area contributed by atoms with Gasteiger partial charge in [0, 0.05) is 44.1 Å². The molecule has 0 bridgehead atoms. The van der Waals surface area contributed by atoms with Crippen LogP contribution < -0.4 is 10.6 Å². The number of likely N-dealkylation sites (N-methyl/N-ethyl adjacent to an activating group) is 1. The second-order valence-electron chi connectivity index (χ2n) is 6.94. The quantitative estimate of drug-likeness (QED) is 0.559. The zero-order valence-corrected chi connectivity index (χ0v) is 16.9. The lowest BCUT2D eigenvalue weighted by atomic mass is 10.2. The third-order valence-electron chi connectivity index (χ3n) is 5.45. The van der Waals surface area contributed by atoms with Gasteiger partial charge in [0.05, 0.1) is 19.3 Å². The highest BCUT2D eigenvalue weighted by molar-refractivity contribution is 7.10. The van der Waals surface area contributed by atoms with Crippen LogP contribution >= 0.6 is 11.3 Å². The molecule has 0 amide bonds. The van der Waals surface area contributed by atoms with Gasteiger partial charge < -0.3 is 15.4 Å². The lowest BCUT2D eigenvalue weighted by molar-refractivity contribution is 0.0177. The van der Waals surface area contributed by atoms with Crippen molar-refractivity contribution in [1.29, 1.82) is 0 Å². The van der Waals surface area contributed by atoms with Crippen LogP contribution in [0.15, 0.2) is 22.5 Å². The zero-order valence-electron chi connectivity index (χ0n) is 16.1. The van der Waals surface area contributed by atoms with E-state index in [0.29, 0.717) is 12.1 Å². The Morgan fingerprint density at radius 1 is 1.35 bits per heavy atom. The Morgan fingerprint density at radius 2 is 2.19 bits per heavy atom. The molecule has 0 radical (unpaired) electrons. The number of hydrogen-bond acceptors (Lipinski definition) is 5. The summed E-state index contributed by atoms with van der Waals surface area (Å²) < 4.78 is 5.53. The second kappa shape index (κ2) is 10.3. The van der Waals surface area contributed by atoms with E-state index in [1.807, 2.05) is 18.4 Å². The van der Waals surface area contributed by atoms with E-state index in [0.717, 1.165) is 51.9 Å². The van der Waals surface area contributed by atoms with Crippen molar-refractivity contribution in [2.75, 3.05) is 59.5 Å². The Morgan fingerprint density at radius 3 is 2.88 bits per heavy atom. The van der Waals surface area contributed by atoms with E-state index in [9.17, 15) is 0 Å². The lowest BCUT2D eigenvalue weighted by Crippen LogP contribution is -2.48. The van der Waals surface area contributed by atoms with Gasteiger partial charge in [0.2, 0.25) is 0 Å². The maximum atomic E-state index is 5.53. The number of nitrogens with one attached hydrogen (secondary N) is 2. The Balaban J connectivity index is 1.53. The van der Waals surface area contributed by atoms with Gasteiger partial charge in [0.25, 0.3) is 0 Å². The Bertz CT molecular complexity index is 544. The summed E-state index contributed by atoms with van der Waals surface area (Å²) in [5, 5.41) is 9.26. The highest BCUT2D eigenvalue weighted by Crippen LogP contribution is 2.25. The first-order valence-electron chi connectivity index (χ1n) is 9.85. The molecule has 0 aliphatic carbocycles. The van der Waals surface area contributed by atoms with E-state index in [2.05, 4.69) is 49.9 Å². The van der Waals surface area contributed by atoms with E-state index < -0.39 is 0 Å². The molecule has 2 atom stereocenters. The average molecular weight is 380 g/mol. The predicted octanol–water partition coefficient (Wildman–Crippen LogP) is 1.77. The van der Waals surface area contributed by atoms with Crippen LogP contribution in [0, 0.1) is 0 Å². The van der Waals surface area contributed by atoms with Crippen molar-refractivity contribution in [1.82, 2.24) is 20.4 Å². The van der Waals surface area contributed by atoms with Crippen molar-refractivity contribution in [3.63, 3.8) is 0 Å². The number of hydrogen-bond donors (Lipinski definition) is 2. The standard InChI is InChI=1S/C19H33N5OS/c1-3-23-8-4-6-16(23)14-21-19(20-2)22-15-17(18-7-5-13-26-18)24-9-11-25-12-10-24/h5,7,13,16-17H,3-4,6,8-12,14-15H2,1-2H3,(H2,20,21,22). The summed E-state index contributed by atoms with van der Waals surface area (Å²) in [6, 6.07) is 5.38. The molecule has 26 heavy (non-hydrogen) atoms. The fraction of sp³-hybridized carbons (Fsp3) is 0.737. The highest BCUT2D eigenvalue weighted by atomic mass is 32.1. The highest BCUT2D eigenvalue weighted by Gasteiger charge is 2.25. The molecule has 0 saturated carbocycles. The lowest BCUT2D eigenvalue weighted by Gasteiger charge is -2.34. The molecule has 3 rings (SSSR count). The summed E-state index contributed by atoms with van der Waals surface area (Å²) in [4.78, 5) is 10.9. The van der Waals surface area contributed by atoms with Crippen molar-refractivity contribution < 1.29 is 4.74 Å². The maximum Gasteiger partial charge on any atom is 0.191 e. The average Bonchev–Trinajstić information content (AvgIpc) is 3.37. The van der Waals surface area contributed by atoms with Gasteiger partial charge in [0.15, 0.2) is 5.96 Å². The van der Waals surface area contributed by atoms with Crippen molar-refractivity contribution in [2.45, 2.75) is 31.8 Å². The molecule has 1 aromatic rings. The van der Waals surface area contributed by atoms with Gasteiger partial charge in [-0.15, -0.1) is 11.3 Å². The molecule has 2 saturated heterocycles. The van der Waals surface area contributed by atoms with E-state index in [-0.39, 0.29) is 0 Å². The van der Waals surface area contributed by atoms with Crippen molar-refractivity contribution >= 4 is 17.3 Å². The number of likely N-dealkylation sites (tertiary alicyclic amines) is 1. The molecule has 2 aliphatic rings. The summed E-state index contributed by atoms with van der Waals surface area (Å²) in [5.41, 5.74) is 0. The van der Waals surface area contributed by atoms with Gasteiger partial charge >= 0.3 is 0 Å². The molecule has 7 heteroatoms. The number of rotatable bonds is 7. The van der Waals surface area contributed by atoms with E-state index >= 15 is 0 Å². The molecule has 0 spiro atoms. The topological polar surface area (TPSA) is 52.1 Å². The minimum atomic E-state index is 0.371. The van der Waals surface area contributed by atoms with Crippen LogP contribution in [0.25, 0.3) is 0 Å². The molecular formula is C19H33N5OS. The van der Waals surface area contributed by atoms with E-state index in [4.69, 9.17) is 4.74 Å². The smallest absolute Gasteiger partial charge is 0.191 e. The van der Waals surface area contributed by atoms with Crippen molar-refractivity contribution in [2.24, 2.45) is 4.99 Å². The molecule has 2 N–H and O–H groups in total. The summed E-state index contributed by atoms with van der Waals surface area (Å²) in [5.74, 6) is 0.905. The van der Waals surface area contributed by atoms with Crippen LogP contribution in [0.3, 0.4) is 0 Å². The van der Waals surface area contributed by atoms with Gasteiger partial charge in [-0.2, -0.15) is 0 Å². The molecule has 146 valence electrons. The number of aliphatic imine (C=N–C) groups is 1. The Kier molecular flexibility index (Phi) is 7.73. The predicted molar refractivity (Wildman–Crippen MR) is 109 cm³/mol. The zero-order chi connectivity index (χ0) is 18.2. The first kappa shape index (κ1) is 19.6. The molecule has 0 aromatic carbocycles. The third-order valence-corrected chi connectivity index (χ3v) is 6.43. The van der Waals surface area contributed by atoms with E-state index in [1.165, 1.54) is 24.3 Å². The van der Waals surface area contributed by atoms with Gasteiger partial charge in [-0.05, 0) is 37.4 Å². The molecule has 2 unspecified atom stereocenters. The first-order valence-corrected chi connectivity index (χ1v) is 10.7. The summed E-state index contributed by atoms with van der Waals surface area (Å²) in [7, 11) is 1.86. The first-order chi connectivity index (χ1) is 12.8. The summed E-state index contributed by atoms with van der Waals surface area (Å²) in [6.45, 7) is 10.1. The molecule has 2 fully saturated rings. The third kappa shape index (κ3) is 5.19. The van der Waals surface area contributed by atoms with Gasteiger partial charge in [-0.1, -0.05) is 13.0 Å². The van der Waals surface area contributed by atoms with E-state index in [1.54, 1.807) is 0 Å². The van der Waals surface area contributed by atoms with Crippen molar-refractivity contribution in [3.8, 4) is 0 Å². The summed E-state index contributed by atoms with van der Waals surface area (Å²) in [6.07, 6.45) is 2.59. The number of guanidine groups is 1. The molecular weight excluding hydrogens is 346 g/mol. The Hall–Kier alpha value is -1.15. The number of thiophene rings is 1. The number of nitrogens with zero attached hydrogens (tertiary/aromatic N) is 3. The fourth-order valence-corrected chi connectivity index (χ4v) is 4.81. The van der Waals surface area contributed by atoms with Gasteiger partial charge in [0.1, 0.15) is 0 Å². The molecule has 6 nitrogen and oxygen atoms in total. The molecule has 3 heterocycles. The van der Waals surface area contributed by atoms with Crippen molar-refractivity contribution in [3.05, 3.63) is 22.4 Å². The van der Waals surface area contributed by atoms with Crippen LogP contribution in [0.1, 0.15) is 30.7 Å². The van der Waals surface area contributed by atoms with Crippen LogP contribution in [0.4, 0.5) is 0 Å². The largest absolute Gasteiger partial charge is 0.379 e. The maximum absolute atomic E-state index is 5.53. The number of morpholine rings is 1. The van der Waals surface area contributed by atoms with Crippen LogP contribution in [0.5, 0.6) is 0 Å². The Labute approximate surface area is 161 Å². The second-order valence-corrected chi connectivity index (χ2v) is 7.92. The van der Waals surface area contributed by atoms with Gasteiger partial charge in [-0.25, -0.2) is 0 Å². The van der Waals surface area contributed by atoms with Crippen LogP contribution in [-0.2, 0) is 4.74 Å². The normalized spacial score (nSPS) is 23.9. The monoisotopic (exact) mass is 379 g/mol. The SMILES string of the molecule is CCN1CCCC1CNC(=NC)NCC(c1cccs1)N1CCOCC1. The summed E-state index contributed by atoms with van der Waals surface area (Å²) >= 11 is 1.83. The van der Waals surface area contributed by atoms with Crippen LogP contribution in [-0.4, -0.2) is 81.3 Å². The minimum Gasteiger partial charge on any atom is -0.379 e.